The summed E-state index contributed by atoms with van der Waals surface area (Å²) in [5.41, 5.74) is -0.722. The summed E-state index contributed by atoms with van der Waals surface area (Å²) in [7, 11) is 0. The molecule has 1 fully saturated rings. The van der Waals surface area contributed by atoms with Gasteiger partial charge in [0.1, 0.15) is 0 Å². The van der Waals surface area contributed by atoms with E-state index >= 15 is 0 Å². The van der Waals surface area contributed by atoms with Gasteiger partial charge in [-0.15, -0.1) is 0 Å². The fraction of sp³-hybridized carbons (Fsp3) is 0.250. The average molecular weight is 272 g/mol. The van der Waals surface area contributed by atoms with Crippen LogP contribution in [0.2, 0.25) is 0 Å². The van der Waals surface area contributed by atoms with Crippen LogP contribution >= 0.6 is 0 Å². The Kier molecular flexibility index (Phi) is 5.24. The van der Waals surface area contributed by atoms with Crippen molar-refractivity contribution in [3.8, 4) is 0 Å². The third-order valence-electron chi connectivity index (χ3n) is 3.03. The van der Waals surface area contributed by atoms with E-state index in [0.717, 1.165) is 0 Å². The molecule has 1 aromatic rings. The second kappa shape index (κ2) is 6.07. The van der Waals surface area contributed by atoms with Crippen molar-refractivity contribution in [1.29, 1.82) is 0 Å². The molecule has 1 aliphatic rings. The van der Waals surface area contributed by atoms with Gasteiger partial charge < -0.3 is 0 Å². The van der Waals surface area contributed by atoms with E-state index in [1.165, 1.54) is 0 Å². The number of carbonyl (C=O) groups excluding carboxylic acids is 3. The number of nitrogens with one attached hydrogen (secondary N) is 2. The Labute approximate surface area is 147 Å². The van der Waals surface area contributed by atoms with Crippen molar-refractivity contribution in [2.45, 2.75) is 18.8 Å². The van der Waals surface area contributed by atoms with Gasteiger partial charge in [0, 0.05) is 0 Å². The van der Waals surface area contributed by atoms with Gasteiger partial charge in [-0.2, -0.15) is 0 Å². The molecular formula is C12H13KN2O3. The summed E-state index contributed by atoms with van der Waals surface area (Å²) in [6.45, 7) is 1.74. The number of rotatable bonds is 2. The van der Waals surface area contributed by atoms with Gasteiger partial charge in [-0.1, -0.05) is 37.3 Å². The van der Waals surface area contributed by atoms with E-state index in [-0.39, 0.29) is 51.4 Å². The van der Waals surface area contributed by atoms with Crippen LogP contribution in [0.3, 0.4) is 0 Å². The normalized spacial score (nSPS) is 17.5. The van der Waals surface area contributed by atoms with E-state index < -0.39 is 23.3 Å². The van der Waals surface area contributed by atoms with Crippen LogP contribution in [0.15, 0.2) is 30.3 Å². The average Bonchev–Trinajstić information content (AvgIpc) is 2.30. The molecule has 5 nitrogen and oxygen atoms in total. The molecule has 1 heterocycles. The van der Waals surface area contributed by atoms with E-state index in [2.05, 4.69) is 10.6 Å². The molecule has 2 rings (SSSR count). The Bertz CT molecular complexity index is 467. The molecule has 0 aliphatic carbocycles. The number of hydrogen-bond donors (Lipinski definition) is 2. The van der Waals surface area contributed by atoms with Crippen LogP contribution in [0.1, 0.15) is 18.9 Å². The maximum absolute atomic E-state index is 12.0. The molecule has 0 atom stereocenters. The standard InChI is InChI=1S/C12H12N2O3.K.H/c1-2-12(8-6-4-3-5-7-8)9(15)13-11(17)14-10(12)16;;/h3-7H,2H2,1H3,(H2,13,14,15,16,17);;. The molecule has 6 heteroatoms. The third-order valence-corrected chi connectivity index (χ3v) is 3.03. The number of imide groups is 2. The van der Waals surface area contributed by atoms with Crippen molar-refractivity contribution >= 4 is 69.2 Å². The molecule has 18 heavy (non-hydrogen) atoms. The molecular weight excluding hydrogens is 259 g/mol. The summed E-state index contributed by atoms with van der Waals surface area (Å²) < 4.78 is 0. The SMILES string of the molecule is CCC1(c2ccccc2)C(=O)NC(=O)NC1=O.[KH]. The number of benzene rings is 1. The predicted octanol–water partition coefficient (Wildman–Crippen LogP) is 0.0519. The fourth-order valence-corrected chi connectivity index (χ4v) is 2.06. The molecule has 90 valence electrons. The monoisotopic (exact) mass is 272 g/mol. The summed E-state index contributed by atoms with van der Waals surface area (Å²) in [6.07, 6.45) is 0.294. The van der Waals surface area contributed by atoms with Gasteiger partial charge in [-0.3, -0.25) is 20.2 Å². The molecule has 1 saturated heterocycles. The van der Waals surface area contributed by atoms with Gasteiger partial charge in [-0.25, -0.2) is 4.79 Å². The minimum absolute atomic E-state index is 0. The number of amides is 4. The molecule has 0 radical (unpaired) electrons. The van der Waals surface area contributed by atoms with Crippen LogP contribution in [0.25, 0.3) is 0 Å². The van der Waals surface area contributed by atoms with Gasteiger partial charge in [0.25, 0.3) is 0 Å². The van der Waals surface area contributed by atoms with Crippen molar-refractivity contribution in [1.82, 2.24) is 10.6 Å². The predicted molar refractivity (Wildman–Crippen MR) is 67.2 cm³/mol. The number of hydrogen-bond acceptors (Lipinski definition) is 3. The van der Waals surface area contributed by atoms with Crippen molar-refractivity contribution in [2.75, 3.05) is 0 Å². The second-order valence-electron chi connectivity index (χ2n) is 3.86. The first-order valence-electron chi connectivity index (χ1n) is 5.33. The van der Waals surface area contributed by atoms with Crippen LogP contribution in [0, 0.1) is 0 Å². The van der Waals surface area contributed by atoms with E-state index in [4.69, 9.17) is 0 Å². The Morgan fingerprint density at radius 2 is 1.50 bits per heavy atom. The number of barbiturate groups is 1. The minimum atomic E-state index is -1.31. The number of urea groups is 1. The quantitative estimate of drug-likeness (QED) is 0.590. The van der Waals surface area contributed by atoms with Crippen LogP contribution in [-0.2, 0) is 15.0 Å². The molecule has 0 unspecified atom stereocenters. The molecule has 0 saturated carbocycles. The topological polar surface area (TPSA) is 75.3 Å². The van der Waals surface area contributed by atoms with Gasteiger partial charge in [0.15, 0.2) is 5.41 Å². The zero-order valence-corrected chi connectivity index (χ0v) is 9.32. The summed E-state index contributed by atoms with van der Waals surface area (Å²) in [5, 5.41) is 4.28. The molecule has 0 aromatic heterocycles. The first-order valence-corrected chi connectivity index (χ1v) is 5.33. The Balaban J connectivity index is 0.00000162. The molecule has 1 aromatic carbocycles. The van der Waals surface area contributed by atoms with Gasteiger partial charge in [0.2, 0.25) is 11.8 Å². The number of carbonyl (C=O) groups is 3. The Morgan fingerprint density at radius 3 is 1.94 bits per heavy atom. The van der Waals surface area contributed by atoms with Crippen molar-refractivity contribution in [2.24, 2.45) is 0 Å². The van der Waals surface area contributed by atoms with Gasteiger partial charge >= 0.3 is 57.4 Å². The molecule has 1 aliphatic heterocycles. The van der Waals surface area contributed by atoms with Gasteiger partial charge in [0.05, 0.1) is 0 Å². The van der Waals surface area contributed by atoms with Crippen molar-refractivity contribution in [3.05, 3.63) is 35.9 Å². The first kappa shape index (κ1) is 15.5. The first-order chi connectivity index (χ1) is 8.11. The zero-order chi connectivity index (χ0) is 12.5. The molecule has 0 bridgehead atoms. The van der Waals surface area contributed by atoms with Crippen LogP contribution in [-0.4, -0.2) is 69.2 Å². The molecule has 0 spiro atoms. The fourth-order valence-electron chi connectivity index (χ4n) is 2.06. The van der Waals surface area contributed by atoms with Crippen molar-refractivity contribution in [3.63, 3.8) is 0 Å². The van der Waals surface area contributed by atoms with E-state index in [9.17, 15) is 14.4 Å². The Morgan fingerprint density at radius 1 is 1.00 bits per heavy atom. The molecule has 4 amide bonds. The van der Waals surface area contributed by atoms with E-state index in [1.807, 2.05) is 0 Å². The maximum atomic E-state index is 12.0. The summed E-state index contributed by atoms with van der Waals surface area (Å²) in [4.78, 5) is 35.0. The molecule has 2 N–H and O–H groups in total. The summed E-state index contributed by atoms with van der Waals surface area (Å²) in [5.74, 6) is -1.14. The van der Waals surface area contributed by atoms with E-state index in [0.29, 0.717) is 12.0 Å². The van der Waals surface area contributed by atoms with Crippen molar-refractivity contribution < 1.29 is 14.4 Å². The second-order valence-corrected chi connectivity index (χ2v) is 3.86. The zero-order valence-electron chi connectivity index (χ0n) is 9.32. The summed E-state index contributed by atoms with van der Waals surface area (Å²) >= 11 is 0. The van der Waals surface area contributed by atoms with Crippen LogP contribution in [0.4, 0.5) is 4.79 Å². The summed E-state index contributed by atoms with van der Waals surface area (Å²) in [6, 6.07) is 7.96. The van der Waals surface area contributed by atoms with Crippen LogP contribution in [0.5, 0.6) is 0 Å². The van der Waals surface area contributed by atoms with Gasteiger partial charge in [-0.05, 0) is 12.0 Å². The Hall–Kier alpha value is -0.534. The van der Waals surface area contributed by atoms with E-state index in [1.54, 1.807) is 37.3 Å². The van der Waals surface area contributed by atoms with Crippen LogP contribution < -0.4 is 10.6 Å². The third kappa shape index (κ3) is 2.43.